The molecule has 0 amide bonds. The quantitative estimate of drug-likeness (QED) is 0.751. The zero-order valence-electron chi connectivity index (χ0n) is 11.6. The molecule has 1 heterocycles. The Morgan fingerprint density at radius 2 is 1.86 bits per heavy atom. The zero-order valence-corrected chi connectivity index (χ0v) is 11.6. The molecule has 1 aromatic heterocycles. The summed E-state index contributed by atoms with van der Waals surface area (Å²) in [6.07, 6.45) is 3.74. The predicted octanol–water partition coefficient (Wildman–Crippen LogP) is 2.85. The van der Waals surface area contributed by atoms with Crippen molar-refractivity contribution in [2.45, 2.75) is 6.54 Å². The Balaban J connectivity index is 2.11. The Bertz CT molecular complexity index is 903. The molecule has 110 valence electrons. The van der Waals surface area contributed by atoms with Crippen LogP contribution in [0.2, 0.25) is 0 Å². The molecule has 0 aliphatic carbocycles. The van der Waals surface area contributed by atoms with Crippen molar-refractivity contribution in [3.05, 3.63) is 70.2 Å². The van der Waals surface area contributed by atoms with Crippen LogP contribution in [0, 0.1) is 0 Å². The van der Waals surface area contributed by atoms with Crippen molar-refractivity contribution in [3.63, 3.8) is 0 Å². The minimum Gasteiger partial charge on any atom is -0.480 e. The van der Waals surface area contributed by atoms with E-state index in [1.54, 1.807) is 12.1 Å². The number of hydrogen-bond acceptors (Lipinski definition) is 3. The molecule has 0 atom stereocenters. The lowest BCUT2D eigenvalue weighted by molar-refractivity contribution is -0.137. The second-order valence-electron chi connectivity index (χ2n) is 4.79. The van der Waals surface area contributed by atoms with Gasteiger partial charge in [0.05, 0.1) is 5.52 Å². The van der Waals surface area contributed by atoms with Gasteiger partial charge < -0.3 is 9.52 Å². The highest BCUT2D eigenvalue weighted by Gasteiger charge is 2.14. The molecule has 0 unspecified atom stereocenters. The van der Waals surface area contributed by atoms with Gasteiger partial charge in [-0.3, -0.25) is 9.36 Å². The molecule has 2 aromatic carbocycles. The fraction of sp³-hybridized carbons (Fsp3) is 0.0588. The van der Waals surface area contributed by atoms with Crippen LogP contribution in [0.5, 0.6) is 0 Å². The second kappa shape index (κ2) is 5.73. The zero-order chi connectivity index (χ0) is 15.5. The number of rotatable bonds is 4. The van der Waals surface area contributed by atoms with E-state index in [1.807, 2.05) is 48.6 Å². The third-order valence-corrected chi connectivity index (χ3v) is 3.27. The van der Waals surface area contributed by atoms with Crippen molar-refractivity contribution < 1.29 is 14.3 Å². The lowest BCUT2D eigenvalue weighted by Gasteiger charge is -2.01. The molecule has 0 saturated heterocycles. The van der Waals surface area contributed by atoms with Crippen LogP contribution in [0.1, 0.15) is 11.1 Å². The number of hydrogen-bond donors (Lipinski definition) is 1. The van der Waals surface area contributed by atoms with Gasteiger partial charge in [0.15, 0.2) is 5.58 Å². The number of benzene rings is 2. The first-order valence-corrected chi connectivity index (χ1v) is 6.72. The average Bonchev–Trinajstić information content (AvgIpc) is 2.82. The summed E-state index contributed by atoms with van der Waals surface area (Å²) in [5.74, 6) is -1.76. The van der Waals surface area contributed by atoms with Crippen molar-refractivity contribution in [2.24, 2.45) is 0 Å². The molecule has 3 rings (SSSR count). The summed E-state index contributed by atoms with van der Waals surface area (Å²) >= 11 is 0. The average molecular weight is 295 g/mol. The summed E-state index contributed by atoms with van der Waals surface area (Å²) in [4.78, 5) is 22.7. The van der Waals surface area contributed by atoms with E-state index in [0.29, 0.717) is 11.1 Å². The van der Waals surface area contributed by atoms with Gasteiger partial charge in [0, 0.05) is 5.56 Å². The largest absolute Gasteiger partial charge is 0.480 e. The molecule has 5 heteroatoms. The maximum atomic E-state index is 11.8. The lowest BCUT2D eigenvalue weighted by atomic mass is 10.1. The van der Waals surface area contributed by atoms with Gasteiger partial charge in [0.25, 0.3) is 0 Å². The van der Waals surface area contributed by atoms with Crippen LogP contribution < -0.4 is 5.76 Å². The van der Waals surface area contributed by atoms with Crippen molar-refractivity contribution in [3.8, 4) is 0 Å². The van der Waals surface area contributed by atoms with Gasteiger partial charge >= 0.3 is 11.7 Å². The summed E-state index contributed by atoms with van der Waals surface area (Å²) in [7, 11) is 0. The van der Waals surface area contributed by atoms with Crippen LogP contribution in [-0.4, -0.2) is 15.6 Å². The maximum Gasteiger partial charge on any atom is 0.420 e. The first-order chi connectivity index (χ1) is 10.6. The SMILES string of the molecule is O=C(O)Cn1c(=O)oc2cccc(/C=C/c3ccccc3)c21. The summed E-state index contributed by atoms with van der Waals surface area (Å²) in [5, 5.41) is 8.95. The molecule has 0 aliphatic rings. The Morgan fingerprint density at radius 3 is 2.59 bits per heavy atom. The molecule has 0 saturated carbocycles. The van der Waals surface area contributed by atoms with Crippen LogP contribution in [0.3, 0.4) is 0 Å². The number of oxazole rings is 1. The van der Waals surface area contributed by atoms with Gasteiger partial charge in [-0.15, -0.1) is 0 Å². The highest BCUT2D eigenvalue weighted by molar-refractivity contribution is 5.88. The minimum absolute atomic E-state index is 0.376. The van der Waals surface area contributed by atoms with Gasteiger partial charge in [-0.2, -0.15) is 0 Å². The molecule has 0 spiro atoms. The third kappa shape index (κ3) is 2.69. The van der Waals surface area contributed by atoms with E-state index in [4.69, 9.17) is 9.52 Å². The van der Waals surface area contributed by atoms with Gasteiger partial charge in [-0.1, -0.05) is 54.6 Å². The van der Waals surface area contributed by atoms with E-state index >= 15 is 0 Å². The topological polar surface area (TPSA) is 72.4 Å². The van der Waals surface area contributed by atoms with E-state index in [-0.39, 0.29) is 0 Å². The number of carboxylic acids is 1. The van der Waals surface area contributed by atoms with Gasteiger partial charge in [0.1, 0.15) is 6.54 Å². The number of carboxylic acid groups (broad SMARTS) is 1. The van der Waals surface area contributed by atoms with Crippen molar-refractivity contribution in [2.75, 3.05) is 0 Å². The van der Waals surface area contributed by atoms with E-state index < -0.39 is 18.3 Å². The Kier molecular flexibility index (Phi) is 3.62. The molecule has 1 N–H and O–H groups in total. The number of fused-ring (bicyclic) bond motifs is 1. The highest BCUT2D eigenvalue weighted by atomic mass is 16.4. The molecule has 22 heavy (non-hydrogen) atoms. The Hall–Kier alpha value is -3.08. The van der Waals surface area contributed by atoms with Crippen molar-refractivity contribution in [1.29, 1.82) is 0 Å². The second-order valence-corrected chi connectivity index (χ2v) is 4.79. The monoisotopic (exact) mass is 295 g/mol. The fourth-order valence-electron chi connectivity index (χ4n) is 2.31. The number of aliphatic carboxylic acids is 1. The molecule has 3 aromatic rings. The molecule has 0 bridgehead atoms. The minimum atomic E-state index is -1.09. The number of nitrogens with zero attached hydrogens (tertiary/aromatic N) is 1. The Labute approximate surface area is 125 Å². The van der Waals surface area contributed by atoms with Crippen LogP contribution in [-0.2, 0) is 11.3 Å². The Morgan fingerprint density at radius 1 is 1.09 bits per heavy atom. The molecule has 0 radical (unpaired) electrons. The molecule has 0 fully saturated rings. The maximum absolute atomic E-state index is 11.8. The highest BCUT2D eigenvalue weighted by Crippen LogP contribution is 2.20. The van der Waals surface area contributed by atoms with Gasteiger partial charge in [0.2, 0.25) is 0 Å². The molecule has 5 nitrogen and oxygen atoms in total. The summed E-state index contributed by atoms with van der Waals surface area (Å²) < 4.78 is 6.23. The first-order valence-electron chi connectivity index (χ1n) is 6.72. The first kappa shape index (κ1) is 13.9. The number of carbonyl (C=O) groups is 1. The van der Waals surface area contributed by atoms with Crippen LogP contribution in [0.4, 0.5) is 0 Å². The van der Waals surface area contributed by atoms with Gasteiger partial charge in [-0.05, 0) is 11.6 Å². The fourth-order valence-corrected chi connectivity index (χ4v) is 2.31. The summed E-state index contributed by atoms with van der Waals surface area (Å²) in [6.45, 7) is -0.429. The predicted molar refractivity (Wildman–Crippen MR) is 83.5 cm³/mol. The van der Waals surface area contributed by atoms with Gasteiger partial charge in [-0.25, -0.2) is 4.79 Å². The standard InChI is InChI=1S/C17H13NO4/c19-15(20)11-18-16-13(7-4-8-14(16)22-17(18)21)10-9-12-5-2-1-3-6-12/h1-10H,11H2,(H,19,20)/b10-9+. The van der Waals surface area contributed by atoms with E-state index in [9.17, 15) is 9.59 Å². The number of para-hydroxylation sites is 1. The molecular weight excluding hydrogens is 282 g/mol. The van der Waals surface area contributed by atoms with Crippen molar-refractivity contribution in [1.82, 2.24) is 4.57 Å². The summed E-state index contributed by atoms with van der Waals surface area (Å²) in [5.41, 5.74) is 2.60. The lowest BCUT2D eigenvalue weighted by Crippen LogP contribution is -2.19. The van der Waals surface area contributed by atoms with Crippen LogP contribution >= 0.6 is 0 Å². The van der Waals surface area contributed by atoms with Crippen LogP contribution in [0.15, 0.2) is 57.7 Å². The third-order valence-electron chi connectivity index (χ3n) is 3.27. The van der Waals surface area contributed by atoms with E-state index in [2.05, 4.69) is 0 Å². The number of aromatic nitrogens is 1. The summed E-state index contributed by atoms with van der Waals surface area (Å²) in [6, 6.07) is 14.9. The smallest absolute Gasteiger partial charge is 0.420 e. The molecule has 0 aliphatic heterocycles. The molecular formula is C17H13NO4. The van der Waals surface area contributed by atoms with Crippen molar-refractivity contribution >= 4 is 29.2 Å². The van der Waals surface area contributed by atoms with E-state index in [0.717, 1.165) is 15.7 Å². The normalized spacial score (nSPS) is 11.3. The van der Waals surface area contributed by atoms with E-state index in [1.165, 1.54) is 0 Å². The van der Waals surface area contributed by atoms with Crippen LogP contribution in [0.25, 0.3) is 23.3 Å².